The van der Waals surface area contributed by atoms with E-state index in [2.05, 4.69) is 5.32 Å². The Balaban J connectivity index is 1.71. The molecular formula is C16H23N3O3S. The van der Waals surface area contributed by atoms with Gasteiger partial charge in [0.2, 0.25) is 11.8 Å². The van der Waals surface area contributed by atoms with Gasteiger partial charge >= 0.3 is 0 Å². The van der Waals surface area contributed by atoms with Gasteiger partial charge in [-0.1, -0.05) is 0 Å². The van der Waals surface area contributed by atoms with Gasteiger partial charge in [-0.2, -0.15) is 0 Å². The van der Waals surface area contributed by atoms with E-state index in [0.29, 0.717) is 12.3 Å². The van der Waals surface area contributed by atoms with Crippen molar-refractivity contribution in [2.24, 2.45) is 5.92 Å². The largest absolute Gasteiger partial charge is 0.472 e. The maximum absolute atomic E-state index is 12.7. The molecule has 2 unspecified atom stereocenters. The zero-order valence-corrected chi connectivity index (χ0v) is 14.3. The van der Waals surface area contributed by atoms with E-state index < -0.39 is 6.04 Å². The molecule has 1 aromatic heterocycles. The van der Waals surface area contributed by atoms with Crippen molar-refractivity contribution in [2.75, 3.05) is 32.9 Å². The Morgan fingerprint density at radius 2 is 2.22 bits per heavy atom. The van der Waals surface area contributed by atoms with Gasteiger partial charge in [0.05, 0.1) is 12.5 Å². The first-order chi connectivity index (χ1) is 11.1. The van der Waals surface area contributed by atoms with E-state index in [9.17, 15) is 9.59 Å². The van der Waals surface area contributed by atoms with Gasteiger partial charge in [0.1, 0.15) is 11.4 Å². The lowest BCUT2D eigenvalue weighted by Crippen LogP contribution is -2.49. The molecule has 1 N–H and O–H groups in total. The molecule has 1 aliphatic carbocycles. The molecule has 1 aromatic rings. The summed E-state index contributed by atoms with van der Waals surface area (Å²) in [4.78, 5) is 29.0. The van der Waals surface area contributed by atoms with Crippen molar-refractivity contribution >= 4 is 23.6 Å². The van der Waals surface area contributed by atoms with E-state index in [1.807, 2.05) is 25.1 Å². The fraction of sp³-hybridized carbons (Fsp3) is 0.625. The van der Waals surface area contributed by atoms with Crippen LogP contribution in [0.25, 0.3) is 0 Å². The second-order valence-electron chi connectivity index (χ2n) is 6.37. The van der Waals surface area contributed by atoms with Crippen molar-refractivity contribution in [2.45, 2.75) is 24.3 Å². The van der Waals surface area contributed by atoms with Crippen LogP contribution in [0.4, 0.5) is 0 Å². The molecule has 2 aliphatic rings. The number of hydrogen-bond donors (Lipinski definition) is 1. The standard InChI is InChI=1S/C16H23N3O3S/c1-18(2)7-6-17-14(20)13-10-23-16(12-5-8-22-9-12)19(13)15(21)11-3-4-11/h5,8-9,11,13,16H,3-4,6-7,10H2,1-2H3,(H,17,20). The van der Waals surface area contributed by atoms with E-state index in [0.717, 1.165) is 24.9 Å². The quantitative estimate of drug-likeness (QED) is 0.848. The Kier molecular flexibility index (Phi) is 4.96. The highest BCUT2D eigenvalue weighted by molar-refractivity contribution is 7.99. The third-order valence-corrected chi connectivity index (χ3v) is 5.49. The number of furan rings is 1. The normalized spacial score (nSPS) is 24.2. The second-order valence-corrected chi connectivity index (χ2v) is 7.49. The van der Waals surface area contributed by atoms with Crippen LogP contribution in [-0.2, 0) is 9.59 Å². The molecular weight excluding hydrogens is 314 g/mol. The van der Waals surface area contributed by atoms with Crippen LogP contribution in [0.2, 0.25) is 0 Å². The first-order valence-corrected chi connectivity index (χ1v) is 9.01. The van der Waals surface area contributed by atoms with Crippen LogP contribution in [0, 0.1) is 5.92 Å². The van der Waals surface area contributed by atoms with Gasteiger partial charge in [-0.3, -0.25) is 9.59 Å². The third kappa shape index (κ3) is 3.72. The van der Waals surface area contributed by atoms with Gasteiger partial charge < -0.3 is 19.5 Å². The predicted molar refractivity (Wildman–Crippen MR) is 88.8 cm³/mol. The summed E-state index contributed by atoms with van der Waals surface area (Å²) in [5.74, 6) is 0.774. The molecule has 3 rings (SSSR count). The van der Waals surface area contributed by atoms with Crippen molar-refractivity contribution in [3.8, 4) is 0 Å². The van der Waals surface area contributed by atoms with Crippen molar-refractivity contribution in [1.82, 2.24) is 15.1 Å². The first-order valence-electron chi connectivity index (χ1n) is 7.96. The van der Waals surface area contributed by atoms with Crippen LogP contribution in [0.5, 0.6) is 0 Å². The lowest BCUT2D eigenvalue weighted by molar-refractivity contribution is -0.140. The number of amides is 2. The van der Waals surface area contributed by atoms with Crippen LogP contribution in [0.15, 0.2) is 23.0 Å². The highest BCUT2D eigenvalue weighted by Gasteiger charge is 2.46. The smallest absolute Gasteiger partial charge is 0.243 e. The van der Waals surface area contributed by atoms with E-state index in [-0.39, 0.29) is 23.1 Å². The summed E-state index contributed by atoms with van der Waals surface area (Å²) in [7, 11) is 3.94. The van der Waals surface area contributed by atoms with Crippen LogP contribution >= 0.6 is 11.8 Å². The summed E-state index contributed by atoms with van der Waals surface area (Å²) in [6.45, 7) is 1.38. The molecule has 1 aliphatic heterocycles. The Morgan fingerprint density at radius 1 is 1.43 bits per heavy atom. The van der Waals surface area contributed by atoms with Crippen LogP contribution < -0.4 is 5.32 Å². The predicted octanol–water partition coefficient (Wildman–Crippen LogP) is 1.31. The summed E-state index contributed by atoms with van der Waals surface area (Å²) in [5.41, 5.74) is 0.951. The number of thioether (sulfide) groups is 1. The molecule has 7 heteroatoms. The number of nitrogens with zero attached hydrogens (tertiary/aromatic N) is 2. The molecule has 2 atom stereocenters. The molecule has 2 fully saturated rings. The summed E-state index contributed by atoms with van der Waals surface area (Å²) in [6.07, 6.45) is 5.15. The average molecular weight is 337 g/mol. The number of hydrogen-bond acceptors (Lipinski definition) is 5. The van der Waals surface area contributed by atoms with Crippen LogP contribution in [0.3, 0.4) is 0 Å². The molecule has 0 bridgehead atoms. The van der Waals surface area contributed by atoms with Crippen molar-refractivity contribution in [3.05, 3.63) is 24.2 Å². The fourth-order valence-corrected chi connectivity index (χ4v) is 4.13. The first kappa shape index (κ1) is 16.4. The molecule has 1 saturated carbocycles. The number of carbonyl (C=O) groups excluding carboxylic acids is 2. The minimum atomic E-state index is -0.393. The Hall–Kier alpha value is -1.47. The summed E-state index contributed by atoms with van der Waals surface area (Å²) in [6, 6.07) is 1.48. The lowest BCUT2D eigenvalue weighted by atomic mass is 10.2. The molecule has 2 amide bonds. The third-order valence-electron chi connectivity index (χ3n) is 4.17. The van der Waals surface area contributed by atoms with E-state index in [1.165, 1.54) is 0 Å². The van der Waals surface area contributed by atoms with E-state index in [1.54, 1.807) is 29.2 Å². The molecule has 2 heterocycles. The van der Waals surface area contributed by atoms with E-state index >= 15 is 0 Å². The van der Waals surface area contributed by atoms with Crippen LogP contribution in [-0.4, -0.2) is 60.6 Å². The molecule has 6 nitrogen and oxygen atoms in total. The highest BCUT2D eigenvalue weighted by atomic mass is 32.2. The average Bonchev–Trinajstić information content (AvgIpc) is 3.05. The topological polar surface area (TPSA) is 65.8 Å². The Labute approximate surface area is 140 Å². The van der Waals surface area contributed by atoms with Gasteiger partial charge in [0.25, 0.3) is 0 Å². The number of rotatable bonds is 6. The minimum absolute atomic E-state index is 0.0562. The molecule has 0 aromatic carbocycles. The molecule has 126 valence electrons. The molecule has 1 saturated heterocycles. The maximum atomic E-state index is 12.7. The maximum Gasteiger partial charge on any atom is 0.243 e. The zero-order chi connectivity index (χ0) is 16.4. The summed E-state index contributed by atoms with van der Waals surface area (Å²) in [5, 5.41) is 2.84. The summed E-state index contributed by atoms with van der Waals surface area (Å²) < 4.78 is 5.16. The molecule has 0 radical (unpaired) electrons. The van der Waals surface area contributed by atoms with Crippen molar-refractivity contribution < 1.29 is 14.0 Å². The van der Waals surface area contributed by atoms with Gasteiger partial charge in [-0.05, 0) is 33.0 Å². The lowest BCUT2D eigenvalue weighted by Gasteiger charge is -2.28. The molecule has 0 spiro atoms. The van der Waals surface area contributed by atoms with Gasteiger partial charge in [-0.15, -0.1) is 11.8 Å². The Morgan fingerprint density at radius 3 is 2.83 bits per heavy atom. The minimum Gasteiger partial charge on any atom is -0.472 e. The second kappa shape index (κ2) is 6.97. The fourth-order valence-electron chi connectivity index (χ4n) is 2.71. The number of nitrogens with one attached hydrogen (secondary N) is 1. The highest BCUT2D eigenvalue weighted by Crippen LogP contribution is 2.45. The van der Waals surface area contributed by atoms with E-state index in [4.69, 9.17) is 4.42 Å². The number of likely N-dealkylation sites (N-methyl/N-ethyl adjacent to an activating group) is 1. The van der Waals surface area contributed by atoms with Crippen LogP contribution in [0.1, 0.15) is 23.8 Å². The number of carbonyl (C=O) groups is 2. The SMILES string of the molecule is CN(C)CCNC(=O)C1CSC(c2ccoc2)N1C(=O)C1CC1. The van der Waals surface area contributed by atoms with Gasteiger partial charge in [0.15, 0.2) is 0 Å². The Bertz CT molecular complexity index is 557. The van der Waals surface area contributed by atoms with Gasteiger partial charge in [-0.25, -0.2) is 0 Å². The summed E-state index contributed by atoms with van der Waals surface area (Å²) >= 11 is 1.63. The molecule has 23 heavy (non-hydrogen) atoms. The monoisotopic (exact) mass is 337 g/mol. The van der Waals surface area contributed by atoms with Crippen molar-refractivity contribution in [1.29, 1.82) is 0 Å². The van der Waals surface area contributed by atoms with Crippen molar-refractivity contribution in [3.63, 3.8) is 0 Å². The van der Waals surface area contributed by atoms with Gasteiger partial charge in [0, 0.05) is 30.3 Å². The zero-order valence-electron chi connectivity index (χ0n) is 13.5.